The Morgan fingerprint density at radius 3 is 2.69 bits per heavy atom. The number of para-hydroxylation sites is 2. The number of thiazole rings is 1. The molecule has 0 unspecified atom stereocenters. The van der Waals surface area contributed by atoms with Crippen molar-refractivity contribution >= 4 is 38.4 Å². The molecule has 0 aliphatic carbocycles. The van der Waals surface area contributed by atoms with Crippen LogP contribution < -0.4 is 9.46 Å². The molecule has 0 aliphatic heterocycles. The van der Waals surface area contributed by atoms with Gasteiger partial charge >= 0.3 is 0 Å². The second kappa shape index (κ2) is 7.77. The van der Waals surface area contributed by atoms with Crippen LogP contribution in [0.3, 0.4) is 0 Å². The molecule has 0 fully saturated rings. The highest BCUT2D eigenvalue weighted by molar-refractivity contribution is 7.93. The molecular weight excluding hydrogens is 388 g/mol. The van der Waals surface area contributed by atoms with Gasteiger partial charge in [-0.3, -0.25) is 4.72 Å². The van der Waals surface area contributed by atoms with Crippen molar-refractivity contribution in [2.45, 2.75) is 32.1 Å². The van der Waals surface area contributed by atoms with Gasteiger partial charge in [0.05, 0.1) is 27.9 Å². The fraction of sp³-hybridized carbons (Fsp3) is 0.278. The lowest BCUT2D eigenvalue weighted by Gasteiger charge is -2.12. The Kier molecular flexibility index (Phi) is 5.64. The summed E-state index contributed by atoms with van der Waals surface area (Å²) in [5.74, 6) is 0.513. The van der Waals surface area contributed by atoms with E-state index in [2.05, 4.69) is 16.6 Å². The van der Waals surface area contributed by atoms with Crippen LogP contribution in [-0.2, 0) is 16.4 Å². The Morgan fingerprint density at radius 2 is 2.00 bits per heavy atom. The average molecular weight is 409 g/mol. The normalized spacial score (nSPS) is 11.5. The first kappa shape index (κ1) is 18.9. The third kappa shape index (κ3) is 3.92. The van der Waals surface area contributed by atoms with Crippen LogP contribution in [0.25, 0.3) is 10.6 Å². The minimum Gasteiger partial charge on any atom is -0.492 e. The molecule has 0 bridgehead atoms. The molecular formula is C18H20N2O3S3. The number of aromatic nitrogens is 1. The second-order valence-corrected chi connectivity index (χ2v) is 9.40. The van der Waals surface area contributed by atoms with Gasteiger partial charge in [0.25, 0.3) is 10.0 Å². The molecule has 3 aromatic rings. The smallest absolute Gasteiger partial charge is 0.263 e. The molecule has 0 aliphatic rings. The van der Waals surface area contributed by atoms with Gasteiger partial charge in [-0.2, -0.15) is 0 Å². The number of benzene rings is 1. The zero-order valence-electron chi connectivity index (χ0n) is 14.8. The maximum absolute atomic E-state index is 12.9. The monoisotopic (exact) mass is 408 g/mol. The molecule has 0 spiro atoms. The lowest BCUT2D eigenvalue weighted by atomic mass is 10.3. The summed E-state index contributed by atoms with van der Waals surface area (Å²) in [5, 5.41) is 3.01. The van der Waals surface area contributed by atoms with E-state index in [0.29, 0.717) is 18.0 Å². The molecule has 0 radical (unpaired) electrons. The number of ether oxygens (including phenoxy) is 1. The van der Waals surface area contributed by atoms with Crippen LogP contribution in [0.15, 0.2) is 40.6 Å². The van der Waals surface area contributed by atoms with Crippen molar-refractivity contribution in [2.75, 3.05) is 11.3 Å². The van der Waals surface area contributed by atoms with E-state index in [1.165, 1.54) is 11.3 Å². The standard InChI is InChI=1S/C18H20N2O3S3/c1-4-18-19-14(11-24-18)16-10-17(12(3)25-16)26(21,22)20-13-8-6-7-9-15(13)23-5-2/h6-11,20H,4-5H2,1-3H3. The number of anilines is 1. The molecule has 8 heteroatoms. The van der Waals surface area contributed by atoms with Crippen molar-refractivity contribution in [3.8, 4) is 16.3 Å². The number of nitrogens with one attached hydrogen (secondary N) is 1. The van der Waals surface area contributed by atoms with Crippen LogP contribution in [0.5, 0.6) is 5.75 Å². The lowest BCUT2D eigenvalue weighted by Crippen LogP contribution is -2.14. The first-order valence-electron chi connectivity index (χ1n) is 8.24. The van der Waals surface area contributed by atoms with E-state index in [-0.39, 0.29) is 4.90 Å². The van der Waals surface area contributed by atoms with Gasteiger partial charge in [-0.15, -0.1) is 22.7 Å². The molecule has 1 N–H and O–H groups in total. The summed E-state index contributed by atoms with van der Waals surface area (Å²) in [6.07, 6.45) is 0.871. The third-order valence-corrected chi connectivity index (χ3v) is 7.39. The summed E-state index contributed by atoms with van der Waals surface area (Å²) in [7, 11) is -3.71. The summed E-state index contributed by atoms with van der Waals surface area (Å²) >= 11 is 3.03. The Balaban J connectivity index is 1.93. The zero-order chi connectivity index (χ0) is 18.7. The summed E-state index contributed by atoms with van der Waals surface area (Å²) in [6, 6.07) is 8.71. The van der Waals surface area contributed by atoms with Crippen molar-refractivity contribution in [2.24, 2.45) is 0 Å². The van der Waals surface area contributed by atoms with E-state index >= 15 is 0 Å². The first-order valence-corrected chi connectivity index (χ1v) is 11.4. The summed E-state index contributed by atoms with van der Waals surface area (Å²) in [5.41, 5.74) is 1.26. The van der Waals surface area contributed by atoms with Gasteiger partial charge in [0.15, 0.2) is 0 Å². The van der Waals surface area contributed by atoms with Crippen LogP contribution in [0, 0.1) is 6.92 Å². The number of nitrogens with zero attached hydrogens (tertiary/aromatic N) is 1. The molecule has 0 saturated carbocycles. The number of hydrogen-bond acceptors (Lipinski definition) is 6. The lowest BCUT2D eigenvalue weighted by molar-refractivity contribution is 0.342. The van der Waals surface area contributed by atoms with Gasteiger partial charge in [-0.25, -0.2) is 13.4 Å². The maximum Gasteiger partial charge on any atom is 0.263 e. The Bertz CT molecular complexity index is 1010. The molecule has 2 heterocycles. The van der Waals surface area contributed by atoms with Gasteiger partial charge in [0.1, 0.15) is 10.6 Å². The molecule has 0 atom stereocenters. The highest BCUT2D eigenvalue weighted by atomic mass is 32.2. The fourth-order valence-electron chi connectivity index (χ4n) is 2.48. The molecule has 26 heavy (non-hydrogen) atoms. The van der Waals surface area contributed by atoms with E-state index in [4.69, 9.17) is 4.74 Å². The van der Waals surface area contributed by atoms with E-state index in [9.17, 15) is 8.42 Å². The van der Waals surface area contributed by atoms with Crippen molar-refractivity contribution < 1.29 is 13.2 Å². The van der Waals surface area contributed by atoms with Crippen molar-refractivity contribution in [1.82, 2.24) is 4.98 Å². The molecule has 0 amide bonds. The fourth-order valence-corrected chi connectivity index (χ4v) is 5.92. The van der Waals surface area contributed by atoms with E-state index in [0.717, 1.165) is 26.9 Å². The number of rotatable bonds is 7. The predicted octanol–water partition coefficient (Wildman–Crippen LogP) is 4.94. The quantitative estimate of drug-likeness (QED) is 0.601. The van der Waals surface area contributed by atoms with E-state index in [1.54, 1.807) is 35.6 Å². The second-order valence-electron chi connectivity index (χ2n) is 5.55. The highest BCUT2D eigenvalue weighted by Crippen LogP contribution is 2.35. The van der Waals surface area contributed by atoms with Gasteiger partial charge in [-0.1, -0.05) is 19.1 Å². The van der Waals surface area contributed by atoms with Crippen LogP contribution in [0.2, 0.25) is 0 Å². The van der Waals surface area contributed by atoms with E-state index < -0.39 is 10.0 Å². The van der Waals surface area contributed by atoms with Gasteiger partial charge in [0.2, 0.25) is 0 Å². The average Bonchev–Trinajstić information content (AvgIpc) is 3.23. The SMILES string of the molecule is CCOc1ccccc1NS(=O)(=O)c1cc(-c2csc(CC)n2)sc1C. The Morgan fingerprint density at radius 1 is 1.23 bits per heavy atom. The summed E-state index contributed by atoms with van der Waals surface area (Å²) < 4.78 is 34.0. The summed E-state index contributed by atoms with van der Waals surface area (Å²) in [6.45, 7) is 6.19. The van der Waals surface area contributed by atoms with Crippen LogP contribution in [0.1, 0.15) is 23.7 Å². The molecule has 3 rings (SSSR count). The topological polar surface area (TPSA) is 68.3 Å². The molecule has 2 aromatic heterocycles. The maximum atomic E-state index is 12.9. The van der Waals surface area contributed by atoms with Crippen molar-refractivity contribution in [3.63, 3.8) is 0 Å². The Labute approximate surface area is 161 Å². The van der Waals surface area contributed by atoms with Gasteiger partial charge in [0, 0.05) is 10.3 Å². The molecule has 5 nitrogen and oxygen atoms in total. The Hall–Kier alpha value is -1.90. The summed E-state index contributed by atoms with van der Waals surface area (Å²) in [4.78, 5) is 6.41. The molecule has 138 valence electrons. The predicted molar refractivity (Wildman–Crippen MR) is 108 cm³/mol. The van der Waals surface area contributed by atoms with Crippen LogP contribution >= 0.6 is 22.7 Å². The minimum absolute atomic E-state index is 0.273. The largest absolute Gasteiger partial charge is 0.492 e. The van der Waals surface area contributed by atoms with Crippen LogP contribution in [-0.4, -0.2) is 20.0 Å². The molecule has 0 saturated heterocycles. The zero-order valence-corrected chi connectivity index (χ0v) is 17.2. The van der Waals surface area contributed by atoms with Gasteiger partial charge < -0.3 is 4.74 Å². The number of thiophene rings is 1. The van der Waals surface area contributed by atoms with Crippen molar-refractivity contribution in [3.05, 3.63) is 45.6 Å². The number of sulfonamides is 1. The highest BCUT2D eigenvalue weighted by Gasteiger charge is 2.22. The van der Waals surface area contributed by atoms with Crippen LogP contribution in [0.4, 0.5) is 5.69 Å². The number of aryl methyl sites for hydroxylation is 2. The van der Waals surface area contributed by atoms with Gasteiger partial charge in [-0.05, 0) is 38.5 Å². The molecule has 1 aromatic carbocycles. The minimum atomic E-state index is -3.71. The van der Waals surface area contributed by atoms with Crippen molar-refractivity contribution in [1.29, 1.82) is 0 Å². The van der Waals surface area contributed by atoms with E-state index in [1.807, 2.05) is 25.3 Å². The number of hydrogen-bond donors (Lipinski definition) is 1. The third-order valence-electron chi connectivity index (χ3n) is 3.70. The first-order chi connectivity index (χ1) is 12.4.